The van der Waals surface area contributed by atoms with Crippen LogP contribution in [0.15, 0.2) is 67.0 Å². The molecule has 120 valence electrons. The van der Waals surface area contributed by atoms with E-state index in [0.717, 1.165) is 5.56 Å². The Balaban J connectivity index is 1.68. The lowest BCUT2D eigenvalue weighted by Gasteiger charge is -2.07. The monoisotopic (exact) mass is 321 g/mol. The molecule has 1 amide bonds. The van der Waals surface area contributed by atoms with E-state index in [1.54, 1.807) is 30.5 Å². The predicted molar refractivity (Wildman–Crippen MR) is 89.1 cm³/mol. The largest absolute Gasteiger partial charge is 0.478 e. The average Bonchev–Trinajstić information content (AvgIpc) is 3.10. The molecule has 3 rings (SSSR count). The van der Waals surface area contributed by atoms with Crippen LogP contribution in [0, 0.1) is 0 Å². The van der Waals surface area contributed by atoms with Crippen LogP contribution in [0.3, 0.4) is 0 Å². The van der Waals surface area contributed by atoms with Crippen molar-refractivity contribution in [1.82, 2.24) is 9.78 Å². The van der Waals surface area contributed by atoms with E-state index in [9.17, 15) is 9.59 Å². The maximum absolute atomic E-state index is 12.2. The van der Waals surface area contributed by atoms with Gasteiger partial charge in [-0.2, -0.15) is 5.10 Å². The van der Waals surface area contributed by atoms with Crippen molar-refractivity contribution < 1.29 is 14.7 Å². The van der Waals surface area contributed by atoms with Crippen LogP contribution in [0.4, 0.5) is 5.69 Å². The minimum atomic E-state index is -1.06. The van der Waals surface area contributed by atoms with Crippen LogP contribution in [-0.4, -0.2) is 26.8 Å². The number of carbonyl (C=O) groups is 2. The fourth-order valence-electron chi connectivity index (χ4n) is 2.27. The smallest absolute Gasteiger partial charge is 0.335 e. The van der Waals surface area contributed by atoms with E-state index in [1.807, 2.05) is 29.1 Å². The quantitative estimate of drug-likeness (QED) is 0.757. The van der Waals surface area contributed by atoms with Crippen LogP contribution >= 0.6 is 0 Å². The maximum Gasteiger partial charge on any atom is 0.335 e. The molecule has 0 atom stereocenters. The summed E-state index contributed by atoms with van der Waals surface area (Å²) in [5.74, 6) is -1.41. The zero-order chi connectivity index (χ0) is 16.9. The first kappa shape index (κ1) is 15.5. The number of hydrogen-bond acceptors (Lipinski definition) is 3. The van der Waals surface area contributed by atoms with Crippen LogP contribution < -0.4 is 5.32 Å². The molecular formula is C18H15N3O3. The van der Waals surface area contributed by atoms with Gasteiger partial charge in [-0.15, -0.1) is 0 Å². The second-order valence-corrected chi connectivity index (χ2v) is 5.24. The van der Waals surface area contributed by atoms with Gasteiger partial charge in [-0.05, 0) is 42.0 Å². The first-order chi connectivity index (χ1) is 11.6. The Morgan fingerprint density at radius 2 is 1.79 bits per heavy atom. The third kappa shape index (κ3) is 3.67. The van der Waals surface area contributed by atoms with Crippen LogP contribution in [-0.2, 0) is 6.54 Å². The number of anilines is 1. The Morgan fingerprint density at radius 3 is 2.46 bits per heavy atom. The number of amides is 1. The van der Waals surface area contributed by atoms with E-state index >= 15 is 0 Å². The molecule has 0 bridgehead atoms. The van der Waals surface area contributed by atoms with E-state index in [0.29, 0.717) is 17.8 Å². The highest BCUT2D eigenvalue weighted by Crippen LogP contribution is 2.13. The van der Waals surface area contributed by atoms with Crippen molar-refractivity contribution in [1.29, 1.82) is 0 Å². The maximum atomic E-state index is 12.2. The first-order valence-electron chi connectivity index (χ1n) is 7.33. The lowest BCUT2D eigenvalue weighted by molar-refractivity contribution is 0.0697. The summed E-state index contributed by atoms with van der Waals surface area (Å²) in [6.45, 7) is 0.655. The molecule has 0 aliphatic rings. The number of carboxylic acid groups (broad SMARTS) is 1. The predicted octanol–water partition coefficient (Wildman–Crippen LogP) is 2.88. The Bertz CT molecular complexity index is 855. The summed E-state index contributed by atoms with van der Waals surface area (Å²) in [4.78, 5) is 23.2. The molecule has 0 spiro atoms. The molecule has 24 heavy (non-hydrogen) atoms. The molecule has 0 saturated carbocycles. The van der Waals surface area contributed by atoms with Gasteiger partial charge in [-0.25, -0.2) is 4.79 Å². The summed E-state index contributed by atoms with van der Waals surface area (Å²) in [6.07, 6.45) is 3.60. The molecule has 0 radical (unpaired) electrons. The van der Waals surface area contributed by atoms with Gasteiger partial charge in [0.25, 0.3) is 5.91 Å². The van der Waals surface area contributed by atoms with Crippen LogP contribution in [0.2, 0.25) is 0 Å². The zero-order valence-corrected chi connectivity index (χ0v) is 12.7. The van der Waals surface area contributed by atoms with Crippen molar-refractivity contribution in [3.05, 3.63) is 83.7 Å². The van der Waals surface area contributed by atoms with Crippen molar-refractivity contribution in [3.8, 4) is 0 Å². The minimum Gasteiger partial charge on any atom is -0.478 e. The second-order valence-electron chi connectivity index (χ2n) is 5.24. The zero-order valence-electron chi connectivity index (χ0n) is 12.7. The second kappa shape index (κ2) is 6.78. The Morgan fingerprint density at radius 1 is 1.04 bits per heavy atom. The van der Waals surface area contributed by atoms with E-state index in [1.165, 1.54) is 12.1 Å². The topological polar surface area (TPSA) is 84.2 Å². The van der Waals surface area contributed by atoms with Gasteiger partial charge in [-0.3, -0.25) is 9.48 Å². The van der Waals surface area contributed by atoms with E-state index < -0.39 is 5.97 Å². The number of benzene rings is 2. The van der Waals surface area contributed by atoms with Gasteiger partial charge in [-0.1, -0.05) is 18.2 Å². The molecule has 0 unspecified atom stereocenters. The third-order valence-electron chi connectivity index (χ3n) is 3.49. The minimum absolute atomic E-state index is 0.0808. The van der Waals surface area contributed by atoms with Gasteiger partial charge in [0.2, 0.25) is 0 Å². The lowest BCUT2D eigenvalue weighted by atomic mass is 10.1. The lowest BCUT2D eigenvalue weighted by Crippen LogP contribution is -2.12. The van der Waals surface area contributed by atoms with Gasteiger partial charge in [0, 0.05) is 23.6 Å². The van der Waals surface area contributed by atoms with Crippen LogP contribution in [0.25, 0.3) is 0 Å². The molecule has 2 N–H and O–H groups in total. The molecule has 6 heteroatoms. The highest BCUT2D eigenvalue weighted by atomic mass is 16.4. The summed E-state index contributed by atoms with van der Waals surface area (Å²) in [7, 11) is 0. The molecule has 2 aromatic carbocycles. The van der Waals surface area contributed by atoms with Gasteiger partial charge < -0.3 is 10.4 Å². The van der Waals surface area contributed by atoms with Crippen molar-refractivity contribution in [2.24, 2.45) is 0 Å². The van der Waals surface area contributed by atoms with E-state index in [-0.39, 0.29) is 11.5 Å². The number of nitrogens with zero attached hydrogens (tertiary/aromatic N) is 2. The molecule has 0 fully saturated rings. The number of aromatic carboxylic acids is 1. The number of carboxylic acids is 1. The fraction of sp³-hybridized carbons (Fsp3) is 0.0556. The number of rotatable bonds is 5. The summed E-state index contributed by atoms with van der Waals surface area (Å²) < 4.78 is 1.81. The fourth-order valence-corrected chi connectivity index (χ4v) is 2.27. The van der Waals surface area contributed by atoms with Crippen LogP contribution in [0.5, 0.6) is 0 Å². The number of aromatic nitrogens is 2. The normalized spacial score (nSPS) is 10.3. The van der Waals surface area contributed by atoms with Gasteiger partial charge >= 0.3 is 5.97 Å². The molecule has 0 aliphatic carbocycles. The average molecular weight is 321 g/mol. The highest BCUT2D eigenvalue weighted by Gasteiger charge is 2.09. The standard InChI is InChI=1S/C18H15N3O3/c22-17(14-3-1-4-15(11-14)18(23)24)20-16-7-5-13(6-8-16)12-21-10-2-9-19-21/h1-11H,12H2,(H,20,22)(H,23,24). The van der Waals surface area contributed by atoms with Crippen LogP contribution in [0.1, 0.15) is 26.3 Å². The molecule has 3 aromatic rings. The van der Waals surface area contributed by atoms with E-state index in [2.05, 4.69) is 10.4 Å². The van der Waals surface area contributed by atoms with Gasteiger partial charge in [0.1, 0.15) is 0 Å². The highest BCUT2D eigenvalue weighted by molar-refractivity contribution is 6.05. The van der Waals surface area contributed by atoms with E-state index in [4.69, 9.17) is 5.11 Å². The summed E-state index contributed by atoms with van der Waals surface area (Å²) in [5, 5.41) is 15.9. The van der Waals surface area contributed by atoms with Gasteiger partial charge in [0.15, 0.2) is 0 Å². The Kier molecular flexibility index (Phi) is 4.38. The molecule has 1 heterocycles. The molecule has 0 saturated heterocycles. The molecule has 1 aromatic heterocycles. The van der Waals surface area contributed by atoms with Gasteiger partial charge in [0.05, 0.1) is 12.1 Å². The number of carbonyl (C=O) groups excluding carboxylic acids is 1. The SMILES string of the molecule is O=C(O)c1cccc(C(=O)Nc2ccc(Cn3cccn3)cc2)c1. The Hall–Kier alpha value is -3.41. The van der Waals surface area contributed by atoms with Crippen molar-refractivity contribution in [3.63, 3.8) is 0 Å². The summed E-state index contributed by atoms with van der Waals surface area (Å²) in [5.41, 5.74) is 2.09. The molecule has 0 aliphatic heterocycles. The first-order valence-corrected chi connectivity index (χ1v) is 7.33. The third-order valence-corrected chi connectivity index (χ3v) is 3.49. The number of nitrogens with one attached hydrogen (secondary N) is 1. The molecular weight excluding hydrogens is 306 g/mol. The summed E-state index contributed by atoms with van der Waals surface area (Å²) >= 11 is 0. The molecule has 6 nitrogen and oxygen atoms in total. The van der Waals surface area contributed by atoms with Crippen molar-refractivity contribution >= 4 is 17.6 Å². The van der Waals surface area contributed by atoms with Crippen molar-refractivity contribution in [2.45, 2.75) is 6.54 Å². The summed E-state index contributed by atoms with van der Waals surface area (Å²) in [6, 6.07) is 15.2. The Labute approximate surface area is 138 Å². The number of hydrogen-bond donors (Lipinski definition) is 2. The van der Waals surface area contributed by atoms with Crippen molar-refractivity contribution in [2.75, 3.05) is 5.32 Å².